The molecule has 2 rings (SSSR count). The van der Waals surface area contributed by atoms with E-state index in [1.807, 2.05) is 12.4 Å². The highest BCUT2D eigenvalue weighted by Gasteiger charge is 2.41. The summed E-state index contributed by atoms with van der Waals surface area (Å²) in [6.45, 7) is 2.27. The van der Waals surface area contributed by atoms with Gasteiger partial charge >= 0.3 is 0 Å². The molecule has 0 amide bonds. The number of nitrogens with zero attached hydrogens (tertiary/aromatic N) is 1. The smallest absolute Gasteiger partial charge is 0.0270 e. The van der Waals surface area contributed by atoms with E-state index in [9.17, 15) is 0 Å². The molecule has 1 saturated carbocycles. The van der Waals surface area contributed by atoms with Crippen LogP contribution in [0.1, 0.15) is 31.7 Å². The lowest BCUT2D eigenvalue weighted by Crippen LogP contribution is -2.03. The van der Waals surface area contributed by atoms with Crippen LogP contribution >= 0.6 is 0 Å². The molecule has 0 aliphatic heterocycles. The second kappa shape index (κ2) is 2.33. The van der Waals surface area contributed by atoms with Crippen molar-refractivity contribution >= 4 is 0 Å². The molecular formula is C10H13N. The monoisotopic (exact) mass is 147 g/mol. The summed E-state index contributed by atoms with van der Waals surface area (Å²) in [5.74, 6) is 0. The van der Waals surface area contributed by atoms with Gasteiger partial charge in [-0.3, -0.25) is 4.98 Å². The van der Waals surface area contributed by atoms with Gasteiger partial charge in [-0.15, -0.1) is 0 Å². The van der Waals surface area contributed by atoms with E-state index in [2.05, 4.69) is 24.0 Å². The largest absolute Gasteiger partial charge is 0.265 e. The van der Waals surface area contributed by atoms with Crippen LogP contribution in [0.2, 0.25) is 0 Å². The van der Waals surface area contributed by atoms with Crippen LogP contribution in [-0.2, 0) is 5.41 Å². The van der Waals surface area contributed by atoms with Gasteiger partial charge in [0.05, 0.1) is 0 Å². The molecule has 1 aliphatic carbocycles. The number of pyridine rings is 1. The van der Waals surface area contributed by atoms with Crippen LogP contribution in [0.5, 0.6) is 0 Å². The Hall–Kier alpha value is -0.850. The third-order valence-corrected chi connectivity index (χ3v) is 2.82. The van der Waals surface area contributed by atoms with Crippen molar-refractivity contribution in [2.24, 2.45) is 0 Å². The first-order valence-corrected chi connectivity index (χ1v) is 4.28. The molecule has 1 heterocycles. The first kappa shape index (κ1) is 6.84. The van der Waals surface area contributed by atoms with Crippen LogP contribution in [0.4, 0.5) is 0 Å². The third kappa shape index (κ3) is 1.05. The molecule has 0 aromatic carbocycles. The first-order valence-electron chi connectivity index (χ1n) is 4.28. The fourth-order valence-corrected chi connectivity index (χ4v) is 1.70. The maximum Gasteiger partial charge on any atom is 0.0270 e. The van der Waals surface area contributed by atoms with Crippen molar-refractivity contribution in [3.8, 4) is 0 Å². The van der Waals surface area contributed by atoms with Gasteiger partial charge in [0.1, 0.15) is 0 Å². The van der Waals surface area contributed by atoms with Crippen molar-refractivity contribution in [3.05, 3.63) is 30.1 Å². The quantitative estimate of drug-likeness (QED) is 0.626. The minimum absolute atomic E-state index is 0.545. The Morgan fingerprint density at radius 1 is 1.36 bits per heavy atom. The van der Waals surface area contributed by atoms with Crippen LogP contribution in [0.25, 0.3) is 0 Å². The van der Waals surface area contributed by atoms with Gasteiger partial charge in [0.25, 0.3) is 0 Å². The van der Waals surface area contributed by atoms with E-state index < -0.39 is 0 Å². The van der Waals surface area contributed by atoms with E-state index in [1.54, 1.807) is 0 Å². The van der Waals surface area contributed by atoms with Crippen LogP contribution < -0.4 is 0 Å². The summed E-state index contributed by atoms with van der Waals surface area (Å²) in [5, 5.41) is 0. The van der Waals surface area contributed by atoms with E-state index in [1.165, 1.54) is 24.8 Å². The van der Waals surface area contributed by atoms with Crippen LogP contribution in [-0.4, -0.2) is 4.98 Å². The molecule has 1 nitrogen and oxygen atoms in total. The molecule has 0 unspecified atom stereocenters. The van der Waals surface area contributed by atoms with Gasteiger partial charge in [0.2, 0.25) is 0 Å². The van der Waals surface area contributed by atoms with Gasteiger partial charge in [-0.05, 0) is 42.4 Å². The normalized spacial score (nSPS) is 19.7. The van der Waals surface area contributed by atoms with Gasteiger partial charge in [-0.2, -0.15) is 0 Å². The fraction of sp³-hybridized carbons (Fsp3) is 0.500. The van der Waals surface area contributed by atoms with E-state index in [0.29, 0.717) is 5.41 Å². The van der Waals surface area contributed by atoms with Crippen molar-refractivity contribution in [1.82, 2.24) is 4.98 Å². The first-order chi connectivity index (χ1) is 5.37. The molecule has 1 aromatic heterocycles. The Morgan fingerprint density at radius 2 is 2.00 bits per heavy atom. The lowest BCUT2D eigenvalue weighted by atomic mass is 9.94. The molecule has 0 bridgehead atoms. The maximum atomic E-state index is 4.02. The van der Waals surface area contributed by atoms with Crippen LogP contribution in [0.3, 0.4) is 0 Å². The topological polar surface area (TPSA) is 12.9 Å². The summed E-state index contributed by atoms with van der Waals surface area (Å²) in [5.41, 5.74) is 2.03. The van der Waals surface area contributed by atoms with Crippen LogP contribution in [0.15, 0.2) is 24.5 Å². The Bertz CT molecular complexity index is 236. The summed E-state index contributed by atoms with van der Waals surface area (Å²) in [4.78, 5) is 4.02. The zero-order valence-corrected chi connectivity index (χ0v) is 6.88. The zero-order valence-electron chi connectivity index (χ0n) is 6.88. The number of hydrogen-bond acceptors (Lipinski definition) is 1. The average Bonchev–Trinajstić information content (AvgIpc) is 2.86. The summed E-state index contributed by atoms with van der Waals surface area (Å²) < 4.78 is 0. The van der Waals surface area contributed by atoms with E-state index >= 15 is 0 Å². The molecule has 0 saturated heterocycles. The van der Waals surface area contributed by atoms with Crippen molar-refractivity contribution in [2.45, 2.75) is 31.6 Å². The predicted octanol–water partition coefficient (Wildman–Crippen LogP) is 2.52. The number of hydrogen-bond donors (Lipinski definition) is 0. The van der Waals surface area contributed by atoms with Gasteiger partial charge in [-0.25, -0.2) is 0 Å². The second-order valence-corrected chi connectivity index (χ2v) is 3.37. The Kier molecular flexibility index (Phi) is 1.45. The molecule has 1 aliphatic rings. The van der Waals surface area contributed by atoms with Gasteiger partial charge in [-0.1, -0.05) is 6.92 Å². The second-order valence-electron chi connectivity index (χ2n) is 3.37. The van der Waals surface area contributed by atoms with E-state index in [4.69, 9.17) is 0 Å². The van der Waals surface area contributed by atoms with Crippen molar-refractivity contribution in [1.29, 1.82) is 0 Å². The molecule has 11 heavy (non-hydrogen) atoms. The molecule has 1 fully saturated rings. The molecule has 0 radical (unpaired) electrons. The highest BCUT2D eigenvalue weighted by molar-refractivity contribution is 5.28. The Morgan fingerprint density at radius 3 is 2.45 bits per heavy atom. The molecule has 1 heteroatoms. The van der Waals surface area contributed by atoms with Crippen molar-refractivity contribution < 1.29 is 0 Å². The molecule has 1 aromatic rings. The Labute approximate surface area is 67.5 Å². The van der Waals surface area contributed by atoms with E-state index in [-0.39, 0.29) is 0 Å². The molecular weight excluding hydrogens is 134 g/mol. The SMILES string of the molecule is CCC1(c2ccncc2)CC1. The zero-order chi connectivity index (χ0) is 7.73. The highest BCUT2D eigenvalue weighted by atomic mass is 14.6. The predicted molar refractivity (Wildman–Crippen MR) is 45.4 cm³/mol. The minimum Gasteiger partial charge on any atom is -0.265 e. The maximum absolute atomic E-state index is 4.02. The van der Waals surface area contributed by atoms with Gasteiger partial charge < -0.3 is 0 Å². The third-order valence-electron chi connectivity index (χ3n) is 2.82. The molecule has 0 spiro atoms. The lowest BCUT2D eigenvalue weighted by molar-refractivity contribution is 0.663. The highest BCUT2D eigenvalue weighted by Crippen LogP contribution is 2.50. The summed E-state index contributed by atoms with van der Waals surface area (Å²) in [6.07, 6.45) is 7.80. The Balaban J connectivity index is 2.30. The summed E-state index contributed by atoms with van der Waals surface area (Å²) >= 11 is 0. The fourth-order valence-electron chi connectivity index (χ4n) is 1.70. The van der Waals surface area contributed by atoms with Crippen LogP contribution in [0, 0.1) is 0 Å². The standard InChI is InChI=1S/C10H13N/c1-2-10(5-6-10)9-3-7-11-8-4-9/h3-4,7-8H,2,5-6H2,1H3. The summed E-state index contributed by atoms with van der Waals surface area (Å²) in [7, 11) is 0. The molecule has 0 atom stereocenters. The lowest BCUT2D eigenvalue weighted by Gasteiger charge is -2.11. The summed E-state index contributed by atoms with van der Waals surface area (Å²) in [6, 6.07) is 4.30. The molecule has 0 N–H and O–H groups in total. The average molecular weight is 147 g/mol. The number of aromatic nitrogens is 1. The minimum atomic E-state index is 0.545. The number of rotatable bonds is 2. The van der Waals surface area contributed by atoms with Gasteiger partial charge in [0, 0.05) is 12.4 Å². The van der Waals surface area contributed by atoms with Crippen molar-refractivity contribution in [3.63, 3.8) is 0 Å². The van der Waals surface area contributed by atoms with Gasteiger partial charge in [0.15, 0.2) is 0 Å². The molecule has 58 valence electrons. The van der Waals surface area contributed by atoms with Crippen molar-refractivity contribution in [2.75, 3.05) is 0 Å². The van der Waals surface area contributed by atoms with E-state index in [0.717, 1.165) is 0 Å².